The van der Waals surface area contributed by atoms with Crippen molar-refractivity contribution in [2.45, 2.75) is 31.5 Å². The number of amides is 1. The summed E-state index contributed by atoms with van der Waals surface area (Å²) in [5, 5.41) is 0. The number of piperazine rings is 1. The highest BCUT2D eigenvalue weighted by Crippen LogP contribution is 2.33. The molecule has 0 bridgehead atoms. The van der Waals surface area contributed by atoms with Crippen LogP contribution in [0.25, 0.3) is 0 Å². The van der Waals surface area contributed by atoms with E-state index in [0.717, 1.165) is 25.0 Å². The smallest absolute Gasteiger partial charge is 0.336 e. The number of halogens is 3. The van der Waals surface area contributed by atoms with E-state index in [1.807, 2.05) is 6.92 Å². The molecule has 162 valence electrons. The standard InChI is InChI=1S/C19H26F3N3O3S/c1-3-18(8-9-25(14-18)29(2,27)28)24-12-10-23(11-13-24)17(26)15-4-6-16(7-5-15)19(20,21)22/h4-7H,3,8-14H2,1-2H3/t18-/m1/s1. The number of rotatable bonds is 4. The van der Waals surface area contributed by atoms with E-state index in [0.29, 0.717) is 39.3 Å². The van der Waals surface area contributed by atoms with Gasteiger partial charge in [0.2, 0.25) is 10.0 Å². The van der Waals surface area contributed by atoms with Crippen LogP contribution >= 0.6 is 0 Å². The third-order valence-electron chi connectivity index (χ3n) is 6.12. The van der Waals surface area contributed by atoms with E-state index in [1.165, 1.54) is 22.7 Å². The van der Waals surface area contributed by atoms with Crippen LogP contribution in [0.15, 0.2) is 24.3 Å². The fourth-order valence-corrected chi connectivity index (χ4v) is 5.14. The zero-order chi connectivity index (χ0) is 21.4. The fourth-order valence-electron chi connectivity index (χ4n) is 4.24. The van der Waals surface area contributed by atoms with Crippen LogP contribution in [-0.2, 0) is 16.2 Å². The number of carbonyl (C=O) groups excluding carboxylic acids is 1. The molecular weight excluding hydrogens is 407 g/mol. The van der Waals surface area contributed by atoms with Crippen molar-refractivity contribution in [3.63, 3.8) is 0 Å². The molecule has 0 spiro atoms. The number of carbonyl (C=O) groups is 1. The van der Waals surface area contributed by atoms with Gasteiger partial charge in [-0.25, -0.2) is 12.7 Å². The molecule has 1 atom stereocenters. The summed E-state index contributed by atoms with van der Waals surface area (Å²) in [6.07, 6.45) is -1.64. The van der Waals surface area contributed by atoms with Gasteiger partial charge in [-0.05, 0) is 37.1 Å². The summed E-state index contributed by atoms with van der Waals surface area (Å²) in [6.45, 7) is 5.13. The highest BCUT2D eigenvalue weighted by atomic mass is 32.2. The van der Waals surface area contributed by atoms with Crippen LogP contribution in [0.4, 0.5) is 13.2 Å². The molecule has 2 fully saturated rings. The Labute approximate surface area is 169 Å². The first-order valence-electron chi connectivity index (χ1n) is 9.63. The Balaban J connectivity index is 1.63. The molecule has 1 aromatic carbocycles. The number of nitrogens with zero attached hydrogens (tertiary/aromatic N) is 3. The van der Waals surface area contributed by atoms with Gasteiger partial charge in [0.25, 0.3) is 5.91 Å². The minimum atomic E-state index is -4.43. The topological polar surface area (TPSA) is 60.9 Å². The van der Waals surface area contributed by atoms with E-state index >= 15 is 0 Å². The molecule has 2 heterocycles. The van der Waals surface area contributed by atoms with E-state index in [1.54, 1.807) is 4.90 Å². The summed E-state index contributed by atoms with van der Waals surface area (Å²) in [5.74, 6) is -0.284. The van der Waals surface area contributed by atoms with Crippen LogP contribution in [0.2, 0.25) is 0 Å². The molecule has 2 saturated heterocycles. The van der Waals surface area contributed by atoms with Gasteiger partial charge in [-0.3, -0.25) is 9.69 Å². The Hall–Kier alpha value is -1.65. The third-order valence-corrected chi connectivity index (χ3v) is 7.37. The maximum absolute atomic E-state index is 12.7. The molecule has 1 aromatic rings. The first kappa shape index (κ1) is 22.0. The molecule has 0 unspecified atom stereocenters. The zero-order valence-corrected chi connectivity index (χ0v) is 17.4. The molecule has 2 aliphatic heterocycles. The largest absolute Gasteiger partial charge is 0.416 e. The summed E-state index contributed by atoms with van der Waals surface area (Å²) < 4.78 is 63.4. The van der Waals surface area contributed by atoms with Gasteiger partial charge in [-0.15, -0.1) is 0 Å². The van der Waals surface area contributed by atoms with Crippen molar-refractivity contribution in [3.05, 3.63) is 35.4 Å². The molecule has 0 aromatic heterocycles. The van der Waals surface area contributed by atoms with Crippen LogP contribution in [0.3, 0.4) is 0 Å². The highest BCUT2D eigenvalue weighted by Gasteiger charge is 2.45. The SMILES string of the molecule is CC[C@@]1(N2CCN(C(=O)c3ccc(C(F)(F)F)cc3)CC2)CCN(S(C)(=O)=O)C1. The first-order valence-corrected chi connectivity index (χ1v) is 11.5. The molecule has 0 N–H and O–H groups in total. The maximum atomic E-state index is 12.7. The number of benzene rings is 1. The lowest BCUT2D eigenvalue weighted by atomic mass is 9.92. The molecular formula is C19H26F3N3O3S. The Bertz CT molecular complexity index is 850. The van der Waals surface area contributed by atoms with Gasteiger partial charge in [0.1, 0.15) is 0 Å². The Kier molecular flexibility index (Phi) is 5.99. The second-order valence-electron chi connectivity index (χ2n) is 7.78. The molecule has 0 aliphatic carbocycles. The third kappa shape index (κ3) is 4.59. The lowest BCUT2D eigenvalue weighted by molar-refractivity contribution is -0.137. The normalized spacial score (nSPS) is 24.8. The summed E-state index contributed by atoms with van der Waals surface area (Å²) >= 11 is 0. The van der Waals surface area contributed by atoms with E-state index in [2.05, 4.69) is 4.90 Å². The van der Waals surface area contributed by atoms with Crippen molar-refractivity contribution < 1.29 is 26.4 Å². The monoisotopic (exact) mass is 433 g/mol. The molecule has 10 heteroatoms. The predicted octanol–water partition coefficient (Wildman–Crippen LogP) is 2.28. The summed E-state index contributed by atoms with van der Waals surface area (Å²) in [4.78, 5) is 16.6. The summed E-state index contributed by atoms with van der Waals surface area (Å²) in [7, 11) is -3.23. The van der Waals surface area contributed by atoms with Crippen molar-refractivity contribution in [3.8, 4) is 0 Å². The van der Waals surface area contributed by atoms with Crippen LogP contribution in [-0.4, -0.2) is 79.5 Å². The predicted molar refractivity (Wildman–Crippen MR) is 103 cm³/mol. The van der Waals surface area contributed by atoms with E-state index in [4.69, 9.17) is 0 Å². The summed E-state index contributed by atoms with van der Waals surface area (Å²) in [6, 6.07) is 4.28. The average molecular weight is 433 g/mol. The van der Waals surface area contributed by atoms with Crippen LogP contribution < -0.4 is 0 Å². The van der Waals surface area contributed by atoms with Gasteiger partial charge in [0.05, 0.1) is 11.8 Å². The van der Waals surface area contributed by atoms with E-state index in [9.17, 15) is 26.4 Å². The van der Waals surface area contributed by atoms with Crippen molar-refractivity contribution >= 4 is 15.9 Å². The van der Waals surface area contributed by atoms with Crippen molar-refractivity contribution in [1.82, 2.24) is 14.1 Å². The molecule has 3 rings (SSSR count). The minimum absolute atomic E-state index is 0.230. The molecule has 1 amide bonds. The van der Waals surface area contributed by atoms with E-state index in [-0.39, 0.29) is 17.0 Å². The lowest BCUT2D eigenvalue weighted by Crippen LogP contribution is -2.59. The summed E-state index contributed by atoms with van der Waals surface area (Å²) in [5.41, 5.74) is -0.770. The zero-order valence-electron chi connectivity index (χ0n) is 16.6. The van der Waals surface area contributed by atoms with Gasteiger partial charge in [-0.2, -0.15) is 13.2 Å². The molecule has 6 nitrogen and oxygen atoms in total. The second kappa shape index (κ2) is 7.88. The molecule has 29 heavy (non-hydrogen) atoms. The molecule has 0 radical (unpaired) electrons. The first-order chi connectivity index (χ1) is 13.5. The van der Waals surface area contributed by atoms with Crippen LogP contribution in [0.1, 0.15) is 35.7 Å². The minimum Gasteiger partial charge on any atom is -0.336 e. The van der Waals surface area contributed by atoms with Crippen LogP contribution in [0, 0.1) is 0 Å². The molecule has 2 aliphatic rings. The Morgan fingerprint density at radius 3 is 2.10 bits per heavy atom. The quantitative estimate of drug-likeness (QED) is 0.731. The second-order valence-corrected chi connectivity index (χ2v) is 9.76. The van der Waals surface area contributed by atoms with Crippen LogP contribution in [0.5, 0.6) is 0 Å². The number of hydrogen-bond donors (Lipinski definition) is 0. The van der Waals surface area contributed by atoms with Crippen molar-refractivity contribution in [2.24, 2.45) is 0 Å². The Morgan fingerprint density at radius 1 is 1.07 bits per heavy atom. The van der Waals surface area contributed by atoms with Gasteiger partial charge in [-0.1, -0.05) is 6.92 Å². The lowest BCUT2D eigenvalue weighted by Gasteiger charge is -2.45. The maximum Gasteiger partial charge on any atom is 0.416 e. The van der Waals surface area contributed by atoms with E-state index < -0.39 is 21.8 Å². The Morgan fingerprint density at radius 2 is 1.66 bits per heavy atom. The van der Waals surface area contributed by atoms with Gasteiger partial charge in [0, 0.05) is 50.4 Å². The molecule has 0 saturated carbocycles. The highest BCUT2D eigenvalue weighted by molar-refractivity contribution is 7.88. The number of hydrogen-bond acceptors (Lipinski definition) is 4. The fraction of sp³-hybridized carbons (Fsp3) is 0.632. The average Bonchev–Trinajstić information content (AvgIpc) is 3.13. The van der Waals surface area contributed by atoms with Gasteiger partial charge in [0.15, 0.2) is 0 Å². The van der Waals surface area contributed by atoms with Gasteiger partial charge < -0.3 is 4.90 Å². The number of sulfonamides is 1. The number of alkyl halides is 3. The van der Waals surface area contributed by atoms with Crippen molar-refractivity contribution in [2.75, 3.05) is 45.5 Å². The van der Waals surface area contributed by atoms with Gasteiger partial charge >= 0.3 is 6.18 Å². The van der Waals surface area contributed by atoms with Crippen molar-refractivity contribution in [1.29, 1.82) is 0 Å².